The number of nitrogens with one attached hydrogen (secondary N) is 1. The van der Waals surface area contributed by atoms with Crippen LogP contribution in [0.15, 0.2) is 71.6 Å². The van der Waals surface area contributed by atoms with Gasteiger partial charge in [0, 0.05) is 13.1 Å². The van der Waals surface area contributed by atoms with Crippen LogP contribution in [-0.2, 0) is 27.9 Å². The van der Waals surface area contributed by atoms with E-state index < -0.39 is 22.5 Å². The maximum atomic E-state index is 13.6. The summed E-state index contributed by atoms with van der Waals surface area (Å²) in [5.41, 5.74) is 3.23. The molecule has 0 aromatic heterocycles. The Morgan fingerprint density at radius 2 is 1.61 bits per heavy atom. The summed E-state index contributed by atoms with van der Waals surface area (Å²) in [6.45, 7) is 4.71. The number of aryl methyl sites for hydroxylation is 1. The maximum Gasteiger partial charge on any atom is 0.264 e. The Labute approximate surface area is 222 Å². The summed E-state index contributed by atoms with van der Waals surface area (Å²) in [5, 5.41) is 3.16. The highest BCUT2D eigenvalue weighted by molar-refractivity contribution is 7.92. The Kier molecular flexibility index (Phi) is 8.57. The highest BCUT2D eigenvalue weighted by atomic mass is 35.5. The largest absolute Gasteiger partial charge is 0.350 e. The number of halogens is 2. The third-order valence-corrected chi connectivity index (χ3v) is 8.87. The minimum Gasteiger partial charge on any atom is -0.350 e. The number of nitrogens with zero attached hydrogens (tertiary/aromatic N) is 2. The molecule has 4 rings (SSSR count). The molecular weight excluding hydrogens is 517 g/mol. The van der Waals surface area contributed by atoms with Crippen molar-refractivity contribution >= 4 is 44.8 Å². The summed E-state index contributed by atoms with van der Waals surface area (Å²) in [6, 6.07) is 19.2. The second-order valence-corrected chi connectivity index (χ2v) is 11.6. The molecule has 0 aliphatic carbocycles. The predicted octanol–water partition coefficient (Wildman–Crippen LogP) is 5.41. The molecule has 0 saturated carbocycles. The first-order chi connectivity index (χ1) is 17.3. The zero-order valence-corrected chi connectivity index (χ0v) is 22.4. The Balaban J connectivity index is 1.55. The monoisotopic (exact) mass is 545 g/mol. The van der Waals surface area contributed by atoms with E-state index in [0.717, 1.165) is 40.6 Å². The maximum absolute atomic E-state index is 13.6. The molecule has 1 fully saturated rings. The van der Waals surface area contributed by atoms with Crippen LogP contribution < -0.4 is 9.62 Å². The molecule has 1 aliphatic heterocycles. The highest BCUT2D eigenvalue weighted by Crippen LogP contribution is 2.35. The summed E-state index contributed by atoms with van der Waals surface area (Å²) >= 11 is 12.6. The molecule has 0 spiro atoms. The smallest absolute Gasteiger partial charge is 0.264 e. The molecule has 0 radical (unpaired) electrons. The van der Waals surface area contributed by atoms with Gasteiger partial charge in [0.25, 0.3) is 10.0 Å². The summed E-state index contributed by atoms with van der Waals surface area (Å²) in [5.74, 6) is -0.447. The van der Waals surface area contributed by atoms with Crippen LogP contribution in [0.25, 0.3) is 0 Å². The summed E-state index contributed by atoms with van der Waals surface area (Å²) < 4.78 is 28.2. The van der Waals surface area contributed by atoms with Gasteiger partial charge in [-0.1, -0.05) is 71.2 Å². The minimum atomic E-state index is -4.09. The van der Waals surface area contributed by atoms with Crippen molar-refractivity contribution in [3.8, 4) is 0 Å². The summed E-state index contributed by atoms with van der Waals surface area (Å²) in [7, 11) is -4.09. The van der Waals surface area contributed by atoms with Gasteiger partial charge in [-0.2, -0.15) is 0 Å². The van der Waals surface area contributed by atoms with Gasteiger partial charge in [0.1, 0.15) is 6.54 Å². The average molecular weight is 547 g/mol. The number of amides is 1. The van der Waals surface area contributed by atoms with Gasteiger partial charge in [0.15, 0.2) is 0 Å². The van der Waals surface area contributed by atoms with Gasteiger partial charge in [-0.25, -0.2) is 8.42 Å². The van der Waals surface area contributed by atoms with Crippen molar-refractivity contribution in [1.82, 2.24) is 10.2 Å². The molecule has 0 bridgehead atoms. The van der Waals surface area contributed by atoms with Gasteiger partial charge >= 0.3 is 0 Å². The first-order valence-electron chi connectivity index (χ1n) is 11.8. The van der Waals surface area contributed by atoms with Crippen LogP contribution in [0, 0.1) is 6.92 Å². The van der Waals surface area contributed by atoms with Gasteiger partial charge in [0.2, 0.25) is 5.91 Å². The quantitative estimate of drug-likeness (QED) is 0.390. The number of carbonyl (C=O) groups excluding carboxylic acids is 1. The highest BCUT2D eigenvalue weighted by Gasteiger charge is 2.29. The molecule has 1 heterocycles. The number of hydrogen-bond acceptors (Lipinski definition) is 4. The first kappa shape index (κ1) is 26.5. The van der Waals surface area contributed by atoms with E-state index in [1.807, 2.05) is 25.1 Å². The van der Waals surface area contributed by atoms with Crippen LogP contribution in [0.5, 0.6) is 0 Å². The number of benzene rings is 3. The van der Waals surface area contributed by atoms with E-state index in [-0.39, 0.29) is 20.6 Å². The fourth-order valence-corrected chi connectivity index (χ4v) is 6.15. The number of sulfonamides is 1. The standard InChI is InChI=1S/C27H29Cl2N3O3S/c1-20-11-13-23(14-12-20)36(34,35)32(25-10-6-9-24(28)27(25)29)19-26(33)30-17-21-7-2-3-8-22(21)18-31-15-4-5-16-31/h2-3,6-14H,4-5,15-19H2,1H3,(H,30,33). The number of hydrogen-bond donors (Lipinski definition) is 1. The fraction of sp³-hybridized carbons (Fsp3) is 0.296. The van der Waals surface area contributed by atoms with E-state index in [2.05, 4.69) is 16.3 Å². The van der Waals surface area contributed by atoms with E-state index in [0.29, 0.717) is 6.54 Å². The number of likely N-dealkylation sites (tertiary alicyclic amines) is 1. The third kappa shape index (κ3) is 6.21. The zero-order valence-electron chi connectivity index (χ0n) is 20.1. The van der Waals surface area contributed by atoms with Gasteiger partial charge in [-0.15, -0.1) is 0 Å². The van der Waals surface area contributed by atoms with E-state index >= 15 is 0 Å². The normalized spacial score (nSPS) is 14.1. The molecule has 1 aliphatic rings. The van der Waals surface area contributed by atoms with E-state index in [1.54, 1.807) is 30.3 Å². The van der Waals surface area contributed by atoms with Crippen LogP contribution in [0.4, 0.5) is 5.69 Å². The molecule has 0 atom stereocenters. The Hall–Kier alpha value is -2.58. The molecule has 0 unspecified atom stereocenters. The first-order valence-corrected chi connectivity index (χ1v) is 14.0. The Morgan fingerprint density at radius 3 is 2.31 bits per heavy atom. The van der Waals surface area contributed by atoms with Crippen molar-refractivity contribution in [2.75, 3.05) is 23.9 Å². The molecule has 3 aromatic rings. The second-order valence-electron chi connectivity index (χ2n) is 8.93. The van der Waals surface area contributed by atoms with Crippen molar-refractivity contribution < 1.29 is 13.2 Å². The SMILES string of the molecule is Cc1ccc(S(=O)(=O)N(CC(=O)NCc2ccccc2CN2CCCC2)c2cccc(Cl)c2Cl)cc1. The second kappa shape index (κ2) is 11.6. The molecule has 3 aromatic carbocycles. The van der Waals surface area contributed by atoms with Crippen molar-refractivity contribution in [3.05, 3.63) is 93.5 Å². The molecule has 1 N–H and O–H groups in total. The van der Waals surface area contributed by atoms with Crippen molar-refractivity contribution in [3.63, 3.8) is 0 Å². The average Bonchev–Trinajstić information content (AvgIpc) is 3.37. The lowest BCUT2D eigenvalue weighted by atomic mass is 10.1. The number of anilines is 1. The van der Waals surface area contributed by atoms with Crippen LogP contribution >= 0.6 is 23.2 Å². The molecule has 9 heteroatoms. The number of carbonyl (C=O) groups is 1. The fourth-order valence-electron chi connectivity index (χ4n) is 4.27. The molecule has 36 heavy (non-hydrogen) atoms. The lowest BCUT2D eigenvalue weighted by Gasteiger charge is -2.25. The van der Waals surface area contributed by atoms with E-state index in [9.17, 15) is 13.2 Å². The lowest BCUT2D eigenvalue weighted by Crippen LogP contribution is -2.41. The van der Waals surface area contributed by atoms with Gasteiger partial charge in [-0.3, -0.25) is 14.0 Å². The lowest BCUT2D eigenvalue weighted by molar-refractivity contribution is -0.119. The zero-order chi connectivity index (χ0) is 25.7. The Bertz CT molecular complexity index is 1320. The summed E-state index contributed by atoms with van der Waals surface area (Å²) in [6.07, 6.45) is 2.41. The molecule has 1 saturated heterocycles. The third-order valence-electron chi connectivity index (χ3n) is 6.28. The van der Waals surface area contributed by atoms with Gasteiger partial charge < -0.3 is 5.32 Å². The van der Waals surface area contributed by atoms with Gasteiger partial charge in [-0.05, 0) is 68.2 Å². The van der Waals surface area contributed by atoms with Gasteiger partial charge in [0.05, 0.1) is 20.6 Å². The number of rotatable bonds is 9. The van der Waals surface area contributed by atoms with Crippen molar-refractivity contribution in [2.24, 2.45) is 0 Å². The Morgan fingerprint density at radius 1 is 0.944 bits per heavy atom. The van der Waals surface area contributed by atoms with Crippen LogP contribution in [0.3, 0.4) is 0 Å². The summed E-state index contributed by atoms with van der Waals surface area (Å²) in [4.78, 5) is 15.5. The van der Waals surface area contributed by atoms with Crippen molar-refractivity contribution in [2.45, 2.75) is 37.8 Å². The molecule has 1 amide bonds. The van der Waals surface area contributed by atoms with E-state index in [1.165, 1.54) is 25.0 Å². The van der Waals surface area contributed by atoms with Crippen LogP contribution in [0.2, 0.25) is 10.0 Å². The van der Waals surface area contributed by atoms with Crippen LogP contribution in [-0.4, -0.2) is 38.9 Å². The topological polar surface area (TPSA) is 69.7 Å². The molecule has 6 nitrogen and oxygen atoms in total. The van der Waals surface area contributed by atoms with Crippen molar-refractivity contribution in [1.29, 1.82) is 0 Å². The van der Waals surface area contributed by atoms with Crippen LogP contribution in [0.1, 0.15) is 29.5 Å². The molecular formula is C27H29Cl2N3O3S. The predicted molar refractivity (Wildman–Crippen MR) is 145 cm³/mol. The van der Waals surface area contributed by atoms with E-state index in [4.69, 9.17) is 23.2 Å². The minimum absolute atomic E-state index is 0.0629. The molecule has 190 valence electrons.